The number of rotatable bonds is 2. The largest absolute Gasteiger partial charge is 0.480 e. The van der Waals surface area contributed by atoms with Gasteiger partial charge in [-0.1, -0.05) is 0 Å². The van der Waals surface area contributed by atoms with Crippen LogP contribution in [0.1, 0.15) is 0 Å². The molecule has 4 heteroatoms. The summed E-state index contributed by atoms with van der Waals surface area (Å²) >= 11 is 3.65. The van der Waals surface area contributed by atoms with E-state index in [9.17, 15) is 4.79 Å². The van der Waals surface area contributed by atoms with Gasteiger partial charge >= 0.3 is 5.97 Å². The molecule has 0 rings (SSSR count). The molecule has 0 fully saturated rings. The zero-order chi connectivity index (χ0) is 5.86. The molecule has 0 aliphatic heterocycles. The molecule has 0 saturated heterocycles. The van der Waals surface area contributed by atoms with Crippen LogP contribution in [-0.2, 0) is 4.79 Å². The third-order valence-corrected chi connectivity index (χ3v) is 0.907. The summed E-state index contributed by atoms with van der Waals surface area (Å²) in [4.78, 5) is 9.76. The molecule has 0 bridgehead atoms. The number of hydrogen-bond donors (Lipinski definition) is 3. The molecule has 1 atom stereocenters. The average molecular weight is 124 g/mol. The van der Waals surface area contributed by atoms with Gasteiger partial charge in [-0.2, -0.15) is 12.6 Å². The minimum absolute atomic E-state index is 0.190. The van der Waals surface area contributed by atoms with Gasteiger partial charge in [-0.3, -0.25) is 4.79 Å². The highest BCUT2D eigenvalue weighted by molar-refractivity contribution is 7.80. The smallest absolute Gasteiger partial charge is 0.321 e. The van der Waals surface area contributed by atoms with Crippen LogP contribution in [0.5, 0.6) is 0 Å². The van der Waals surface area contributed by atoms with E-state index in [2.05, 4.69) is 12.6 Å². The first kappa shape index (κ1) is 6.78. The summed E-state index contributed by atoms with van der Waals surface area (Å²) in [5.41, 5.74) is 4.94. The highest BCUT2D eigenvalue weighted by Crippen LogP contribution is 1.80. The number of thiol groups is 1. The van der Waals surface area contributed by atoms with Crippen molar-refractivity contribution in [2.24, 2.45) is 5.73 Å². The minimum Gasteiger partial charge on any atom is -0.480 e. The molecule has 1 unspecified atom stereocenters. The van der Waals surface area contributed by atoms with Crippen molar-refractivity contribution in [3.63, 3.8) is 0 Å². The molecule has 0 spiro atoms. The van der Waals surface area contributed by atoms with E-state index in [1.54, 1.807) is 0 Å². The lowest BCUT2D eigenvalue weighted by atomic mass is 10.4. The molecule has 0 aromatic carbocycles. The summed E-state index contributed by atoms with van der Waals surface area (Å²) in [5, 5.41) is 8.01. The number of carboxylic acid groups (broad SMARTS) is 1. The molecule has 0 aliphatic carbocycles. The van der Waals surface area contributed by atoms with E-state index in [-0.39, 0.29) is 5.75 Å². The van der Waals surface area contributed by atoms with Crippen molar-refractivity contribution in [2.75, 3.05) is 5.75 Å². The molecular weight excluding hydrogens is 117 g/mol. The van der Waals surface area contributed by atoms with Gasteiger partial charge in [0, 0.05) is 5.75 Å². The van der Waals surface area contributed by atoms with Crippen molar-refractivity contribution in [1.82, 2.24) is 0 Å². The Balaban J connectivity index is 3.34. The van der Waals surface area contributed by atoms with Crippen LogP contribution < -0.4 is 5.73 Å². The summed E-state index contributed by atoms with van der Waals surface area (Å²) in [7, 11) is 0. The van der Waals surface area contributed by atoms with Crippen LogP contribution in [0.15, 0.2) is 0 Å². The van der Waals surface area contributed by atoms with Gasteiger partial charge in [-0.25, -0.2) is 0 Å². The second kappa shape index (κ2) is 2.87. The first-order chi connectivity index (χ1) is 3.18. The Bertz CT molecular complexity index is 75.3. The van der Waals surface area contributed by atoms with Crippen molar-refractivity contribution in [3.8, 4) is 0 Å². The van der Waals surface area contributed by atoms with Crippen molar-refractivity contribution in [3.05, 3.63) is 0 Å². The van der Waals surface area contributed by atoms with Crippen LogP contribution in [0, 0.1) is 0 Å². The van der Waals surface area contributed by atoms with Crippen LogP contribution in [0.25, 0.3) is 0 Å². The lowest BCUT2D eigenvalue weighted by Crippen LogP contribution is -2.31. The second-order valence-electron chi connectivity index (χ2n) is 1.13. The molecule has 0 radical (unpaired) electrons. The van der Waals surface area contributed by atoms with Gasteiger partial charge in [0.15, 0.2) is 0 Å². The van der Waals surface area contributed by atoms with Crippen LogP contribution in [0.2, 0.25) is 0 Å². The number of hydrogen-bond acceptors (Lipinski definition) is 3. The van der Waals surface area contributed by atoms with Crippen LogP contribution in [0.3, 0.4) is 0 Å². The standard InChI is InChI=1S/C3H7NO2S/c4-2(1-7)3(5)6/h2,7H,1,4H2,(H,5,6)/i7+3. The predicted molar refractivity (Wildman–Crippen MR) is 29.5 cm³/mol. The van der Waals surface area contributed by atoms with E-state index < -0.39 is 12.0 Å². The monoisotopic (exact) mass is 124 g/mol. The van der Waals surface area contributed by atoms with Gasteiger partial charge in [0.1, 0.15) is 6.04 Å². The summed E-state index contributed by atoms with van der Waals surface area (Å²) in [6, 6.07) is -0.816. The summed E-state index contributed by atoms with van der Waals surface area (Å²) in [5.74, 6) is -0.815. The maximum Gasteiger partial charge on any atom is 0.321 e. The molecule has 0 heterocycles. The fraction of sp³-hybridized carbons (Fsp3) is 0.667. The van der Waals surface area contributed by atoms with Crippen LogP contribution >= 0.6 is 12.6 Å². The van der Waals surface area contributed by atoms with Crippen molar-refractivity contribution in [1.29, 1.82) is 0 Å². The Morgan fingerprint density at radius 1 is 2.00 bits per heavy atom. The van der Waals surface area contributed by atoms with Crippen molar-refractivity contribution in [2.45, 2.75) is 6.04 Å². The quantitative estimate of drug-likeness (QED) is 0.428. The van der Waals surface area contributed by atoms with Crippen molar-refractivity contribution < 1.29 is 9.90 Å². The zero-order valence-electron chi connectivity index (χ0n) is 3.66. The summed E-state index contributed by atoms with van der Waals surface area (Å²) < 4.78 is 0. The van der Waals surface area contributed by atoms with Gasteiger partial charge in [0.25, 0.3) is 0 Å². The number of carboxylic acids is 1. The highest BCUT2D eigenvalue weighted by atomic mass is 35.0. The highest BCUT2D eigenvalue weighted by Gasteiger charge is 2.06. The van der Waals surface area contributed by atoms with Gasteiger partial charge in [0.2, 0.25) is 0 Å². The van der Waals surface area contributed by atoms with E-state index >= 15 is 0 Å². The Kier molecular flexibility index (Phi) is 2.78. The van der Waals surface area contributed by atoms with Gasteiger partial charge in [0.05, 0.1) is 0 Å². The first-order valence-electron chi connectivity index (χ1n) is 1.77. The topological polar surface area (TPSA) is 63.3 Å². The van der Waals surface area contributed by atoms with Gasteiger partial charge in [-0.15, -0.1) is 0 Å². The lowest BCUT2D eigenvalue weighted by molar-refractivity contribution is -0.137. The molecule has 0 aromatic rings. The third-order valence-electron chi connectivity index (χ3n) is 0.514. The molecule has 3 nitrogen and oxygen atoms in total. The molecule has 0 amide bonds. The van der Waals surface area contributed by atoms with Gasteiger partial charge < -0.3 is 10.8 Å². The Morgan fingerprint density at radius 2 is 2.43 bits per heavy atom. The van der Waals surface area contributed by atoms with E-state index in [1.165, 1.54) is 0 Å². The normalized spacial score (nSPS) is 13.4. The molecule has 7 heavy (non-hydrogen) atoms. The third kappa shape index (κ3) is 2.47. The first-order valence-corrected chi connectivity index (χ1v) is 2.41. The molecule has 0 aliphatic rings. The molecule has 0 saturated carbocycles. The van der Waals surface area contributed by atoms with Crippen LogP contribution in [0.4, 0.5) is 0 Å². The lowest BCUT2D eigenvalue weighted by Gasteiger charge is -1.96. The average Bonchev–Trinajstić information content (AvgIpc) is 1.65. The van der Waals surface area contributed by atoms with E-state index in [1.807, 2.05) is 0 Å². The zero-order valence-corrected chi connectivity index (χ0v) is 4.56. The van der Waals surface area contributed by atoms with E-state index in [0.29, 0.717) is 0 Å². The number of carbonyl (C=O) groups is 1. The van der Waals surface area contributed by atoms with Crippen molar-refractivity contribution >= 4 is 18.6 Å². The SMILES string of the molecule is NC(C[35SH])C(=O)O. The Morgan fingerprint density at radius 3 is 2.43 bits per heavy atom. The Labute approximate surface area is 46.9 Å². The fourth-order valence-corrected chi connectivity index (χ4v) is 0.234. The molecule has 3 N–H and O–H groups in total. The Hall–Kier alpha value is -0.220. The fourth-order valence-electron chi connectivity index (χ4n) is 0.0781. The molecule has 42 valence electrons. The predicted octanol–water partition coefficient (Wildman–Crippen LogP) is -0.672. The summed E-state index contributed by atoms with van der Waals surface area (Å²) in [6.07, 6.45) is 0. The number of nitrogens with two attached hydrogens (primary N) is 1. The minimum atomic E-state index is -1.00. The number of aliphatic carboxylic acids is 1. The second-order valence-corrected chi connectivity index (χ2v) is 1.49. The molecule has 0 aromatic heterocycles. The van der Waals surface area contributed by atoms with Crippen LogP contribution in [-0.4, -0.2) is 22.9 Å². The maximum absolute atomic E-state index is 9.76. The molecular formula is C3H7NO2S. The maximum atomic E-state index is 9.76. The van der Waals surface area contributed by atoms with Gasteiger partial charge in [-0.05, 0) is 0 Å². The summed E-state index contributed by atoms with van der Waals surface area (Å²) in [6.45, 7) is 0. The van der Waals surface area contributed by atoms with E-state index in [0.717, 1.165) is 0 Å². The van der Waals surface area contributed by atoms with E-state index in [4.69, 9.17) is 10.8 Å².